The van der Waals surface area contributed by atoms with Crippen molar-refractivity contribution < 1.29 is 14.3 Å². The lowest BCUT2D eigenvalue weighted by Gasteiger charge is -2.08. The summed E-state index contributed by atoms with van der Waals surface area (Å²) in [6.45, 7) is 0.493. The van der Waals surface area contributed by atoms with Gasteiger partial charge in [0.1, 0.15) is 11.5 Å². The molecule has 4 rings (SSSR count). The van der Waals surface area contributed by atoms with Crippen LogP contribution in [0.1, 0.15) is 18.9 Å². The first-order valence-corrected chi connectivity index (χ1v) is 10.3. The fourth-order valence-electron chi connectivity index (χ4n) is 2.99. The van der Waals surface area contributed by atoms with Gasteiger partial charge in [-0.25, -0.2) is 9.48 Å². The topological polar surface area (TPSA) is 87.4 Å². The second kappa shape index (κ2) is 8.52. The summed E-state index contributed by atoms with van der Waals surface area (Å²) in [6.07, 6.45) is 2.00. The first-order valence-electron chi connectivity index (χ1n) is 9.42. The van der Waals surface area contributed by atoms with E-state index in [4.69, 9.17) is 9.47 Å². The summed E-state index contributed by atoms with van der Waals surface area (Å²) < 4.78 is 13.8. The maximum absolute atomic E-state index is 12.7. The highest BCUT2D eigenvalue weighted by atomic mass is 32.1. The number of aromatic nitrogens is 3. The summed E-state index contributed by atoms with van der Waals surface area (Å²) in [7, 11) is 1.57. The summed E-state index contributed by atoms with van der Waals surface area (Å²) in [4.78, 5) is 25.8. The van der Waals surface area contributed by atoms with Crippen molar-refractivity contribution >= 4 is 17.2 Å². The van der Waals surface area contributed by atoms with Crippen molar-refractivity contribution in [2.24, 2.45) is 0 Å². The molecule has 1 aromatic carbocycles. The number of methoxy groups -OCH3 is 1. The van der Waals surface area contributed by atoms with Crippen LogP contribution in [0.2, 0.25) is 0 Å². The minimum Gasteiger partial charge on any atom is -0.497 e. The second-order valence-corrected chi connectivity index (χ2v) is 7.67. The van der Waals surface area contributed by atoms with Crippen LogP contribution in [0, 0.1) is 0 Å². The molecule has 0 aliphatic heterocycles. The van der Waals surface area contributed by atoms with Crippen molar-refractivity contribution in [3.05, 3.63) is 52.3 Å². The summed E-state index contributed by atoms with van der Waals surface area (Å²) in [5.74, 6) is 1.66. The number of amides is 1. The SMILES string of the molecule is COc1cccc(OCC(=O)NCCn2nc(-c3cccs3)n(C3CC3)c2=O)c1. The van der Waals surface area contributed by atoms with Gasteiger partial charge in [0, 0.05) is 18.7 Å². The van der Waals surface area contributed by atoms with E-state index in [0.29, 0.717) is 30.4 Å². The number of rotatable bonds is 9. The van der Waals surface area contributed by atoms with Gasteiger partial charge in [-0.1, -0.05) is 12.1 Å². The van der Waals surface area contributed by atoms with Gasteiger partial charge in [0.2, 0.25) is 0 Å². The van der Waals surface area contributed by atoms with Gasteiger partial charge in [0.25, 0.3) is 5.91 Å². The molecule has 1 aliphatic rings. The molecule has 0 bridgehead atoms. The number of thiophene rings is 1. The smallest absolute Gasteiger partial charge is 0.346 e. The third-order valence-corrected chi connectivity index (χ3v) is 5.45. The summed E-state index contributed by atoms with van der Waals surface area (Å²) >= 11 is 1.56. The van der Waals surface area contributed by atoms with E-state index in [0.717, 1.165) is 17.7 Å². The van der Waals surface area contributed by atoms with Crippen LogP contribution in [-0.4, -0.2) is 40.5 Å². The standard InChI is InChI=1S/C20H22N4O4S/c1-27-15-4-2-5-16(12-15)28-13-18(25)21-9-10-23-20(26)24(14-7-8-14)19(22-23)17-6-3-11-29-17/h2-6,11-12,14H,7-10,13H2,1H3,(H,21,25). The Kier molecular flexibility index (Phi) is 5.66. The fourth-order valence-corrected chi connectivity index (χ4v) is 3.70. The van der Waals surface area contributed by atoms with Gasteiger partial charge in [-0.05, 0) is 36.4 Å². The maximum Gasteiger partial charge on any atom is 0.346 e. The van der Waals surface area contributed by atoms with E-state index in [1.807, 2.05) is 17.5 Å². The molecular formula is C20H22N4O4S. The number of carbonyl (C=O) groups excluding carboxylic acids is 1. The molecule has 2 aromatic heterocycles. The molecular weight excluding hydrogens is 392 g/mol. The van der Waals surface area contributed by atoms with Gasteiger partial charge >= 0.3 is 5.69 Å². The Bertz CT molecular complexity index is 1040. The molecule has 0 unspecified atom stereocenters. The Hall–Kier alpha value is -3.07. The Balaban J connectivity index is 1.33. The van der Waals surface area contributed by atoms with Crippen LogP contribution in [0.25, 0.3) is 10.7 Å². The predicted molar refractivity (Wildman–Crippen MR) is 110 cm³/mol. The van der Waals surface area contributed by atoms with Crippen LogP contribution in [0.4, 0.5) is 0 Å². The summed E-state index contributed by atoms with van der Waals surface area (Å²) in [6, 6.07) is 11.2. The molecule has 1 saturated carbocycles. The summed E-state index contributed by atoms with van der Waals surface area (Å²) in [5.41, 5.74) is -0.127. The first-order chi connectivity index (χ1) is 14.2. The number of nitrogens with zero attached hydrogens (tertiary/aromatic N) is 3. The molecule has 0 radical (unpaired) electrons. The minimum absolute atomic E-state index is 0.112. The zero-order valence-electron chi connectivity index (χ0n) is 16.0. The second-order valence-electron chi connectivity index (χ2n) is 6.73. The number of hydrogen-bond donors (Lipinski definition) is 1. The zero-order chi connectivity index (χ0) is 20.2. The molecule has 1 amide bonds. The van der Waals surface area contributed by atoms with Crippen molar-refractivity contribution in [1.29, 1.82) is 0 Å². The Labute approximate surface area is 171 Å². The first kappa shape index (κ1) is 19.3. The molecule has 1 fully saturated rings. The van der Waals surface area contributed by atoms with Crippen LogP contribution in [0.3, 0.4) is 0 Å². The molecule has 1 aliphatic carbocycles. The molecule has 29 heavy (non-hydrogen) atoms. The lowest BCUT2D eigenvalue weighted by molar-refractivity contribution is -0.123. The van der Waals surface area contributed by atoms with E-state index < -0.39 is 0 Å². The van der Waals surface area contributed by atoms with E-state index in [2.05, 4.69) is 10.4 Å². The van der Waals surface area contributed by atoms with Gasteiger partial charge in [-0.2, -0.15) is 0 Å². The third-order valence-electron chi connectivity index (χ3n) is 4.58. The van der Waals surface area contributed by atoms with Crippen molar-refractivity contribution in [3.63, 3.8) is 0 Å². The highest BCUT2D eigenvalue weighted by Crippen LogP contribution is 2.37. The molecule has 0 saturated heterocycles. The highest BCUT2D eigenvalue weighted by molar-refractivity contribution is 7.13. The lowest BCUT2D eigenvalue weighted by Crippen LogP contribution is -2.34. The van der Waals surface area contributed by atoms with Gasteiger partial charge in [-0.3, -0.25) is 9.36 Å². The van der Waals surface area contributed by atoms with Gasteiger partial charge in [-0.15, -0.1) is 16.4 Å². The van der Waals surface area contributed by atoms with E-state index >= 15 is 0 Å². The number of ether oxygens (including phenoxy) is 2. The van der Waals surface area contributed by atoms with Crippen molar-refractivity contribution in [1.82, 2.24) is 19.7 Å². The van der Waals surface area contributed by atoms with Gasteiger partial charge in [0.05, 0.1) is 18.5 Å². The lowest BCUT2D eigenvalue weighted by atomic mass is 10.3. The Morgan fingerprint density at radius 3 is 2.83 bits per heavy atom. The number of carbonyl (C=O) groups is 1. The van der Waals surface area contributed by atoms with E-state index in [9.17, 15) is 9.59 Å². The monoisotopic (exact) mass is 414 g/mol. The zero-order valence-corrected chi connectivity index (χ0v) is 16.9. The Morgan fingerprint density at radius 1 is 1.28 bits per heavy atom. The van der Waals surface area contributed by atoms with Crippen molar-refractivity contribution in [3.8, 4) is 22.2 Å². The van der Waals surface area contributed by atoms with Crippen molar-refractivity contribution in [2.45, 2.75) is 25.4 Å². The highest BCUT2D eigenvalue weighted by Gasteiger charge is 2.30. The van der Waals surface area contributed by atoms with E-state index in [1.54, 1.807) is 47.3 Å². The van der Waals surface area contributed by atoms with Crippen LogP contribution in [-0.2, 0) is 11.3 Å². The van der Waals surface area contributed by atoms with Crippen LogP contribution >= 0.6 is 11.3 Å². The third kappa shape index (κ3) is 4.51. The van der Waals surface area contributed by atoms with Crippen LogP contribution < -0.4 is 20.5 Å². The molecule has 8 nitrogen and oxygen atoms in total. The average Bonchev–Trinajstić information content (AvgIpc) is 3.31. The number of benzene rings is 1. The van der Waals surface area contributed by atoms with E-state index in [1.165, 1.54) is 4.68 Å². The molecule has 2 heterocycles. The largest absolute Gasteiger partial charge is 0.497 e. The normalized spacial score (nSPS) is 13.3. The van der Waals surface area contributed by atoms with Gasteiger partial charge < -0.3 is 14.8 Å². The molecule has 152 valence electrons. The predicted octanol–water partition coefficient (Wildman–Crippen LogP) is 2.31. The molecule has 3 aromatic rings. The quantitative estimate of drug-likeness (QED) is 0.581. The number of hydrogen-bond acceptors (Lipinski definition) is 6. The Morgan fingerprint density at radius 2 is 2.10 bits per heavy atom. The van der Waals surface area contributed by atoms with Gasteiger partial charge in [0.15, 0.2) is 12.4 Å². The molecule has 1 N–H and O–H groups in total. The fraction of sp³-hybridized carbons (Fsp3) is 0.350. The molecule has 9 heteroatoms. The molecule has 0 atom stereocenters. The minimum atomic E-state index is -0.263. The van der Waals surface area contributed by atoms with Crippen molar-refractivity contribution in [2.75, 3.05) is 20.3 Å². The van der Waals surface area contributed by atoms with Crippen LogP contribution in [0.15, 0.2) is 46.6 Å². The van der Waals surface area contributed by atoms with Crippen LogP contribution in [0.5, 0.6) is 11.5 Å². The van der Waals surface area contributed by atoms with E-state index in [-0.39, 0.29) is 24.2 Å². The average molecular weight is 414 g/mol. The maximum atomic E-state index is 12.7. The number of nitrogens with one attached hydrogen (secondary N) is 1. The summed E-state index contributed by atoms with van der Waals surface area (Å²) in [5, 5.41) is 9.24. The molecule has 0 spiro atoms.